The minimum absolute atomic E-state index is 0.185. The third kappa shape index (κ3) is 3.15. The molecular weight excluding hydrogens is 320 g/mol. The molecule has 1 aliphatic carbocycles. The molecule has 0 unspecified atom stereocenters. The average Bonchev–Trinajstić information content (AvgIpc) is 2.65. The van der Waals surface area contributed by atoms with Crippen molar-refractivity contribution in [2.24, 2.45) is 5.92 Å². The molecule has 0 radical (unpaired) electrons. The van der Waals surface area contributed by atoms with E-state index in [2.05, 4.69) is 60.5 Å². The predicted octanol–water partition coefficient (Wildman–Crippen LogP) is 3.71. The van der Waals surface area contributed by atoms with Gasteiger partial charge < -0.3 is 10.4 Å². The van der Waals surface area contributed by atoms with Crippen LogP contribution in [0.25, 0.3) is 0 Å². The molecule has 2 bridgehead atoms. The van der Waals surface area contributed by atoms with Gasteiger partial charge in [-0.15, -0.1) is 0 Å². The summed E-state index contributed by atoms with van der Waals surface area (Å²) in [5, 5.41) is 13.6. The molecule has 3 atom stereocenters. The zero-order valence-electron chi connectivity index (χ0n) is 15.9. The summed E-state index contributed by atoms with van der Waals surface area (Å²) in [7, 11) is 0. The maximum Gasteiger partial charge on any atom is 0.115 e. The molecule has 3 heteroatoms. The van der Waals surface area contributed by atoms with Crippen molar-refractivity contribution in [1.29, 1.82) is 0 Å². The minimum Gasteiger partial charge on any atom is -0.508 e. The van der Waals surface area contributed by atoms with Crippen LogP contribution < -0.4 is 5.32 Å². The van der Waals surface area contributed by atoms with Crippen LogP contribution in [-0.2, 0) is 18.4 Å². The molecule has 3 nitrogen and oxygen atoms in total. The van der Waals surface area contributed by atoms with E-state index in [4.69, 9.17) is 0 Å². The van der Waals surface area contributed by atoms with Crippen LogP contribution in [-0.4, -0.2) is 35.7 Å². The molecule has 0 spiro atoms. The highest BCUT2D eigenvalue weighted by molar-refractivity contribution is 5.44. The van der Waals surface area contributed by atoms with Gasteiger partial charge in [0.15, 0.2) is 0 Å². The van der Waals surface area contributed by atoms with Crippen LogP contribution in [0.3, 0.4) is 0 Å². The number of piperidine rings is 1. The third-order valence-corrected chi connectivity index (χ3v) is 6.86. The fraction of sp³-hybridized carbons (Fsp3) is 0.478. The topological polar surface area (TPSA) is 35.5 Å². The van der Waals surface area contributed by atoms with E-state index in [-0.39, 0.29) is 5.41 Å². The summed E-state index contributed by atoms with van der Waals surface area (Å²) < 4.78 is 0. The number of likely N-dealkylation sites (tertiary alicyclic amines) is 1. The number of nitrogens with one attached hydrogen (secondary N) is 1. The van der Waals surface area contributed by atoms with E-state index in [1.165, 1.54) is 23.1 Å². The van der Waals surface area contributed by atoms with Crippen molar-refractivity contribution in [2.45, 2.75) is 44.7 Å². The summed E-state index contributed by atoms with van der Waals surface area (Å²) >= 11 is 0. The molecule has 26 heavy (non-hydrogen) atoms. The SMILES string of the molecule is C[C@@H]1[C@@H]2Cc3ccc(O)cc3[C@@]1(C)CCN2CCNCc1ccccc1. The number of aromatic hydroxyl groups is 1. The highest BCUT2D eigenvalue weighted by Gasteiger charge is 2.48. The first-order valence-electron chi connectivity index (χ1n) is 9.89. The lowest BCUT2D eigenvalue weighted by atomic mass is 9.59. The largest absolute Gasteiger partial charge is 0.508 e. The molecular formula is C23H30N2O. The second kappa shape index (κ2) is 7.05. The van der Waals surface area contributed by atoms with Crippen LogP contribution >= 0.6 is 0 Å². The summed E-state index contributed by atoms with van der Waals surface area (Å²) in [5.74, 6) is 1.02. The Kier molecular flexibility index (Phi) is 4.76. The van der Waals surface area contributed by atoms with E-state index in [1.54, 1.807) is 0 Å². The van der Waals surface area contributed by atoms with E-state index in [0.29, 0.717) is 17.7 Å². The molecule has 1 aliphatic heterocycles. The third-order valence-electron chi connectivity index (χ3n) is 6.86. The number of benzene rings is 2. The van der Waals surface area contributed by atoms with E-state index < -0.39 is 0 Å². The van der Waals surface area contributed by atoms with E-state index in [1.807, 2.05) is 12.1 Å². The molecule has 0 aromatic heterocycles. The van der Waals surface area contributed by atoms with Crippen molar-refractivity contribution in [3.05, 3.63) is 65.2 Å². The van der Waals surface area contributed by atoms with Crippen molar-refractivity contribution in [3.8, 4) is 5.75 Å². The van der Waals surface area contributed by atoms with Gasteiger partial charge in [-0.3, -0.25) is 4.90 Å². The van der Waals surface area contributed by atoms with Crippen LogP contribution in [0.2, 0.25) is 0 Å². The number of rotatable bonds is 5. The second-order valence-electron chi connectivity index (χ2n) is 8.27. The lowest BCUT2D eigenvalue weighted by Gasteiger charge is -2.54. The molecule has 2 aliphatic rings. The molecule has 1 fully saturated rings. The lowest BCUT2D eigenvalue weighted by Crippen LogP contribution is -2.58. The summed E-state index contributed by atoms with van der Waals surface area (Å²) in [4.78, 5) is 2.68. The number of phenols is 1. The monoisotopic (exact) mass is 350 g/mol. The quantitative estimate of drug-likeness (QED) is 0.807. The van der Waals surface area contributed by atoms with Gasteiger partial charge >= 0.3 is 0 Å². The van der Waals surface area contributed by atoms with E-state index in [9.17, 15) is 5.11 Å². The van der Waals surface area contributed by atoms with Crippen molar-refractivity contribution in [2.75, 3.05) is 19.6 Å². The van der Waals surface area contributed by atoms with Gasteiger partial charge in [0.1, 0.15) is 5.75 Å². The van der Waals surface area contributed by atoms with Crippen molar-refractivity contribution in [3.63, 3.8) is 0 Å². The summed E-state index contributed by atoms with van der Waals surface area (Å²) in [6, 6.07) is 17.2. The summed E-state index contributed by atoms with van der Waals surface area (Å²) in [5.41, 5.74) is 4.34. The maximum absolute atomic E-state index is 9.96. The fourth-order valence-corrected chi connectivity index (χ4v) is 5.02. The molecule has 2 aromatic rings. The van der Waals surface area contributed by atoms with Gasteiger partial charge in [-0.2, -0.15) is 0 Å². The zero-order valence-corrected chi connectivity index (χ0v) is 15.9. The van der Waals surface area contributed by atoms with Crippen molar-refractivity contribution in [1.82, 2.24) is 10.2 Å². The highest BCUT2D eigenvalue weighted by Crippen LogP contribution is 2.49. The highest BCUT2D eigenvalue weighted by atomic mass is 16.3. The molecule has 2 N–H and O–H groups in total. The van der Waals surface area contributed by atoms with E-state index in [0.717, 1.165) is 32.6 Å². The summed E-state index contributed by atoms with van der Waals surface area (Å²) in [6.45, 7) is 9.01. The Hall–Kier alpha value is -1.84. The van der Waals surface area contributed by atoms with Gasteiger partial charge in [-0.1, -0.05) is 50.2 Å². The van der Waals surface area contributed by atoms with Gasteiger partial charge in [0.05, 0.1) is 0 Å². The normalized spacial score (nSPS) is 27.9. The molecule has 138 valence electrons. The minimum atomic E-state index is 0.185. The summed E-state index contributed by atoms with van der Waals surface area (Å²) in [6.07, 6.45) is 2.27. The number of nitrogens with zero attached hydrogens (tertiary/aromatic N) is 1. The fourth-order valence-electron chi connectivity index (χ4n) is 5.02. The number of hydrogen-bond donors (Lipinski definition) is 2. The second-order valence-corrected chi connectivity index (χ2v) is 8.27. The van der Waals surface area contributed by atoms with Crippen LogP contribution in [0.4, 0.5) is 0 Å². The van der Waals surface area contributed by atoms with Crippen LogP contribution in [0.15, 0.2) is 48.5 Å². The Labute approximate surface area is 157 Å². The lowest BCUT2D eigenvalue weighted by molar-refractivity contribution is 0.0321. The molecule has 1 saturated heterocycles. The van der Waals surface area contributed by atoms with Crippen molar-refractivity contribution >= 4 is 0 Å². The first-order valence-corrected chi connectivity index (χ1v) is 9.89. The number of fused-ring (bicyclic) bond motifs is 4. The Morgan fingerprint density at radius 2 is 2.00 bits per heavy atom. The molecule has 2 aromatic carbocycles. The molecule has 0 saturated carbocycles. The Morgan fingerprint density at radius 3 is 2.81 bits per heavy atom. The average molecular weight is 351 g/mol. The molecule has 0 amide bonds. The zero-order chi connectivity index (χ0) is 18.1. The van der Waals surface area contributed by atoms with Crippen LogP contribution in [0.5, 0.6) is 5.75 Å². The van der Waals surface area contributed by atoms with Crippen LogP contribution in [0, 0.1) is 5.92 Å². The predicted molar refractivity (Wildman–Crippen MR) is 106 cm³/mol. The van der Waals surface area contributed by atoms with E-state index >= 15 is 0 Å². The van der Waals surface area contributed by atoms with Gasteiger partial charge in [0.25, 0.3) is 0 Å². The standard InChI is InChI=1S/C23H30N2O/c1-17-22-14-19-8-9-20(26)15-21(19)23(17,2)10-12-25(22)13-11-24-16-18-6-4-3-5-7-18/h3-9,15,17,22,24,26H,10-14,16H2,1-2H3/t17-,22+,23+/m1/s1. The smallest absolute Gasteiger partial charge is 0.115 e. The van der Waals surface area contributed by atoms with Gasteiger partial charge in [0.2, 0.25) is 0 Å². The Morgan fingerprint density at radius 1 is 1.19 bits per heavy atom. The first-order chi connectivity index (χ1) is 12.6. The first kappa shape index (κ1) is 17.6. The van der Waals surface area contributed by atoms with Crippen molar-refractivity contribution < 1.29 is 5.11 Å². The van der Waals surface area contributed by atoms with Gasteiger partial charge in [0, 0.05) is 25.7 Å². The molecule has 1 heterocycles. The number of hydrogen-bond acceptors (Lipinski definition) is 3. The number of phenolic OH excluding ortho intramolecular Hbond substituents is 1. The van der Waals surface area contributed by atoms with Gasteiger partial charge in [-0.25, -0.2) is 0 Å². The maximum atomic E-state index is 9.96. The van der Waals surface area contributed by atoms with Crippen LogP contribution in [0.1, 0.15) is 37.0 Å². The van der Waals surface area contributed by atoms with Gasteiger partial charge in [-0.05, 0) is 59.5 Å². The molecule has 4 rings (SSSR count). The Balaban J connectivity index is 1.41. The Bertz CT molecular complexity index is 760.